The highest BCUT2D eigenvalue weighted by Crippen LogP contribution is 2.04. The normalized spacial score (nSPS) is 10.1. The number of methoxy groups -OCH3 is 1. The molecule has 0 unspecified atom stereocenters. The molecule has 0 saturated carbocycles. The quantitative estimate of drug-likeness (QED) is 0.760. The molecule has 2 aromatic heterocycles. The van der Waals surface area contributed by atoms with Crippen LogP contribution in [-0.2, 0) is 17.6 Å². The molecule has 0 fully saturated rings. The number of nitrogens with zero attached hydrogens (tertiary/aromatic N) is 3. The van der Waals surface area contributed by atoms with Crippen LogP contribution in [0.2, 0.25) is 0 Å². The van der Waals surface area contributed by atoms with E-state index in [-0.39, 0.29) is 5.82 Å². The third-order valence-corrected chi connectivity index (χ3v) is 2.50. The van der Waals surface area contributed by atoms with E-state index in [0.717, 1.165) is 24.0 Å². The first kappa shape index (κ1) is 12.2. The number of rotatable bonds is 4. The molecule has 5 heteroatoms. The Labute approximate surface area is 105 Å². The Hall–Kier alpha value is -2.30. The topological polar surface area (TPSA) is 65.0 Å². The van der Waals surface area contributed by atoms with Gasteiger partial charge in [0.15, 0.2) is 0 Å². The molecule has 18 heavy (non-hydrogen) atoms. The summed E-state index contributed by atoms with van der Waals surface area (Å²) in [5.41, 5.74) is 2.14. The summed E-state index contributed by atoms with van der Waals surface area (Å²) in [7, 11) is 1.31. The maximum atomic E-state index is 11.1. The first-order chi connectivity index (χ1) is 8.79. The smallest absolute Gasteiger partial charge is 0.376 e. The van der Waals surface area contributed by atoms with Gasteiger partial charge in [0.1, 0.15) is 0 Å². The van der Waals surface area contributed by atoms with Crippen molar-refractivity contribution in [3.05, 3.63) is 53.9 Å². The van der Waals surface area contributed by atoms with E-state index in [4.69, 9.17) is 0 Å². The van der Waals surface area contributed by atoms with Crippen molar-refractivity contribution in [1.82, 2.24) is 15.0 Å². The minimum absolute atomic E-state index is 0.0858. The van der Waals surface area contributed by atoms with E-state index >= 15 is 0 Å². The van der Waals surface area contributed by atoms with Gasteiger partial charge in [0.05, 0.1) is 7.11 Å². The number of esters is 1. The molecule has 0 aliphatic rings. The maximum absolute atomic E-state index is 11.1. The Bertz CT molecular complexity index is 512. The van der Waals surface area contributed by atoms with Crippen molar-refractivity contribution in [3.8, 4) is 0 Å². The van der Waals surface area contributed by atoms with Gasteiger partial charge in [-0.25, -0.2) is 14.8 Å². The summed E-state index contributed by atoms with van der Waals surface area (Å²) in [4.78, 5) is 23.1. The van der Waals surface area contributed by atoms with E-state index in [1.165, 1.54) is 7.11 Å². The van der Waals surface area contributed by atoms with Gasteiger partial charge in [-0.15, -0.1) is 0 Å². The average molecular weight is 243 g/mol. The fourth-order valence-corrected chi connectivity index (χ4v) is 1.52. The molecular weight excluding hydrogens is 230 g/mol. The van der Waals surface area contributed by atoms with Crippen molar-refractivity contribution < 1.29 is 9.53 Å². The molecule has 0 radical (unpaired) electrons. The number of aryl methyl sites for hydroxylation is 2. The Morgan fingerprint density at radius 2 is 1.89 bits per heavy atom. The van der Waals surface area contributed by atoms with Gasteiger partial charge in [0.2, 0.25) is 5.82 Å². The summed E-state index contributed by atoms with van der Waals surface area (Å²) in [5.74, 6) is -0.434. The van der Waals surface area contributed by atoms with Crippen LogP contribution in [0.1, 0.15) is 21.7 Å². The summed E-state index contributed by atoms with van der Waals surface area (Å²) >= 11 is 0. The van der Waals surface area contributed by atoms with Gasteiger partial charge < -0.3 is 4.74 Å². The lowest BCUT2D eigenvalue weighted by atomic mass is 10.1. The van der Waals surface area contributed by atoms with Crippen LogP contribution < -0.4 is 0 Å². The highest BCUT2D eigenvalue weighted by molar-refractivity contribution is 5.84. The maximum Gasteiger partial charge on any atom is 0.376 e. The first-order valence-corrected chi connectivity index (χ1v) is 5.57. The molecule has 5 nitrogen and oxygen atoms in total. The zero-order chi connectivity index (χ0) is 12.8. The van der Waals surface area contributed by atoms with E-state index in [0.29, 0.717) is 0 Å². The number of pyridine rings is 1. The summed E-state index contributed by atoms with van der Waals surface area (Å²) in [6, 6.07) is 3.93. The van der Waals surface area contributed by atoms with Crippen LogP contribution >= 0.6 is 0 Å². The van der Waals surface area contributed by atoms with E-state index in [1.807, 2.05) is 18.3 Å². The van der Waals surface area contributed by atoms with Crippen LogP contribution in [0.3, 0.4) is 0 Å². The van der Waals surface area contributed by atoms with Gasteiger partial charge in [-0.05, 0) is 30.0 Å². The van der Waals surface area contributed by atoms with Crippen molar-refractivity contribution in [2.75, 3.05) is 7.11 Å². The van der Waals surface area contributed by atoms with Crippen LogP contribution in [0.4, 0.5) is 0 Å². The second-order valence-electron chi connectivity index (χ2n) is 3.77. The van der Waals surface area contributed by atoms with E-state index in [2.05, 4.69) is 19.7 Å². The van der Waals surface area contributed by atoms with Crippen LogP contribution in [-0.4, -0.2) is 28.0 Å². The summed E-state index contributed by atoms with van der Waals surface area (Å²) in [5, 5.41) is 0. The van der Waals surface area contributed by atoms with Crippen molar-refractivity contribution >= 4 is 5.97 Å². The predicted molar refractivity (Wildman–Crippen MR) is 65.0 cm³/mol. The number of carbonyl (C=O) groups excluding carboxylic acids is 1. The summed E-state index contributed by atoms with van der Waals surface area (Å²) in [6.45, 7) is 0. The van der Waals surface area contributed by atoms with Crippen molar-refractivity contribution in [2.24, 2.45) is 0 Å². The van der Waals surface area contributed by atoms with Crippen LogP contribution in [0, 0.1) is 0 Å². The van der Waals surface area contributed by atoms with E-state index < -0.39 is 5.97 Å². The standard InChI is InChI=1S/C13H13N3O2/c1-18-13(17)12-15-8-11(9-16-12)5-4-10-3-2-6-14-7-10/h2-3,6-9H,4-5H2,1H3. The Kier molecular flexibility index (Phi) is 3.96. The molecule has 0 aliphatic carbocycles. The molecule has 0 saturated heterocycles. The minimum Gasteiger partial charge on any atom is -0.463 e. The van der Waals surface area contributed by atoms with E-state index in [9.17, 15) is 4.79 Å². The molecule has 2 heterocycles. The third-order valence-electron chi connectivity index (χ3n) is 2.50. The minimum atomic E-state index is -0.520. The molecule has 0 bridgehead atoms. The van der Waals surface area contributed by atoms with Crippen LogP contribution in [0.25, 0.3) is 0 Å². The molecule has 2 aromatic rings. The molecule has 0 N–H and O–H groups in total. The lowest BCUT2D eigenvalue weighted by Gasteiger charge is -2.02. The monoisotopic (exact) mass is 243 g/mol. The first-order valence-electron chi connectivity index (χ1n) is 5.57. The number of hydrogen-bond donors (Lipinski definition) is 0. The highest BCUT2D eigenvalue weighted by Gasteiger charge is 2.08. The summed E-state index contributed by atoms with van der Waals surface area (Å²) < 4.78 is 4.53. The molecular formula is C13H13N3O2. The molecule has 0 amide bonds. The van der Waals surface area contributed by atoms with Gasteiger partial charge in [0, 0.05) is 24.8 Å². The van der Waals surface area contributed by atoms with Crippen molar-refractivity contribution in [2.45, 2.75) is 12.8 Å². The lowest BCUT2D eigenvalue weighted by molar-refractivity contribution is 0.0586. The van der Waals surface area contributed by atoms with Gasteiger partial charge in [0.25, 0.3) is 0 Å². The number of carbonyl (C=O) groups is 1. The van der Waals surface area contributed by atoms with Gasteiger partial charge >= 0.3 is 5.97 Å². The fraction of sp³-hybridized carbons (Fsp3) is 0.231. The Morgan fingerprint density at radius 3 is 2.50 bits per heavy atom. The van der Waals surface area contributed by atoms with Crippen molar-refractivity contribution in [3.63, 3.8) is 0 Å². The molecule has 2 rings (SSSR count). The second-order valence-corrected chi connectivity index (χ2v) is 3.77. The fourth-order valence-electron chi connectivity index (χ4n) is 1.52. The number of aromatic nitrogens is 3. The zero-order valence-electron chi connectivity index (χ0n) is 10.0. The predicted octanol–water partition coefficient (Wildman–Crippen LogP) is 1.44. The molecule has 0 aliphatic heterocycles. The van der Waals surface area contributed by atoms with E-state index in [1.54, 1.807) is 18.6 Å². The summed E-state index contributed by atoms with van der Waals surface area (Å²) in [6.07, 6.45) is 8.56. The Morgan fingerprint density at radius 1 is 1.17 bits per heavy atom. The van der Waals surface area contributed by atoms with Crippen molar-refractivity contribution in [1.29, 1.82) is 0 Å². The molecule has 0 atom stereocenters. The van der Waals surface area contributed by atoms with Crippen LogP contribution in [0.5, 0.6) is 0 Å². The highest BCUT2D eigenvalue weighted by atomic mass is 16.5. The molecule has 0 aromatic carbocycles. The zero-order valence-corrected chi connectivity index (χ0v) is 10.0. The largest absolute Gasteiger partial charge is 0.463 e. The third kappa shape index (κ3) is 3.10. The van der Waals surface area contributed by atoms with Crippen LogP contribution in [0.15, 0.2) is 36.9 Å². The van der Waals surface area contributed by atoms with Gasteiger partial charge in [-0.2, -0.15) is 0 Å². The van der Waals surface area contributed by atoms with Gasteiger partial charge in [-0.1, -0.05) is 6.07 Å². The SMILES string of the molecule is COC(=O)c1ncc(CCc2cccnc2)cn1. The lowest BCUT2D eigenvalue weighted by Crippen LogP contribution is -2.07. The number of hydrogen-bond acceptors (Lipinski definition) is 5. The number of ether oxygens (including phenoxy) is 1. The second kappa shape index (κ2) is 5.86. The average Bonchev–Trinajstić information content (AvgIpc) is 2.46. The van der Waals surface area contributed by atoms with Gasteiger partial charge in [-0.3, -0.25) is 4.98 Å². The molecule has 0 spiro atoms. The Balaban J connectivity index is 1.97. The molecule has 92 valence electrons.